The van der Waals surface area contributed by atoms with E-state index >= 15 is 0 Å². The van der Waals surface area contributed by atoms with Crippen molar-refractivity contribution in [3.63, 3.8) is 0 Å². The van der Waals surface area contributed by atoms with Crippen molar-refractivity contribution in [3.05, 3.63) is 0 Å². The molecule has 1 N–H and O–H groups in total. The third-order valence-corrected chi connectivity index (χ3v) is 2.07. The van der Waals surface area contributed by atoms with Crippen LogP contribution in [0.2, 0.25) is 0 Å². The SMILES string of the molecule is CON(C)C(=O)C(C)C[C@@H](C)CO. The second-order valence-corrected chi connectivity index (χ2v) is 3.44. The van der Waals surface area contributed by atoms with E-state index in [4.69, 9.17) is 9.94 Å². The van der Waals surface area contributed by atoms with Crippen LogP contribution < -0.4 is 0 Å². The zero-order chi connectivity index (χ0) is 10.4. The highest BCUT2D eigenvalue weighted by Crippen LogP contribution is 2.13. The number of nitrogens with zero attached hydrogens (tertiary/aromatic N) is 1. The first kappa shape index (κ1) is 12.4. The lowest BCUT2D eigenvalue weighted by molar-refractivity contribution is -0.173. The monoisotopic (exact) mass is 189 g/mol. The van der Waals surface area contributed by atoms with Gasteiger partial charge in [0.25, 0.3) is 0 Å². The van der Waals surface area contributed by atoms with E-state index in [-0.39, 0.29) is 24.3 Å². The van der Waals surface area contributed by atoms with Gasteiger partial charge >= 0.3 is 0 Å². The summed E-state index contributed by atoms with van der Waals surface area (Å²) in [7, 11) is 3.04. The lowest BCUT2D eigenvalue weighted by atomic mass is 9.97. The largest absolute Gasteiger partial charge is 0.396 e. The van der Waals surface area contributed by atoms with E-state index in [2.05, 4.69) is 0 Å². The van der Waals surface area contributed by atoms with Gasteiger partial charge < -0.3 is 5.11 Å². The van der Waals surface area contributed by atoms with Crippen LogP contribution in [0.15, 0.2) is 0 Å². The summed E-state index contributed by atoms with van der Waals surface area (Å²) in [6.07, 6.45) is 0.684. The number of hydrogen-bond donors (Lipinski definition) is 1. The van der Waals surface area contributed by atoms with Crippen molar-refractivity contribution < 1.29 is 14.7 Å². The van der Waals surface area contributed by atoms with Crippen molar-refractivity contribution in [1.29, 1.82) is 0 Å². The van der Waals surface area contributed by atoms with Gasteiger partial charge in [-0.15, -0.1) is 0 Å². The Hall–Kier alpha value is -0.610. The van der Waals surface area contributed by atoms with Crippen LogP contribution in [0.1, 0.15) is 20.3 Å². The molecule has 0 rings (SSSR count). The number of rotatable bonds is 5. The van der Waals surface area contributed by atoms with Crippen molar-refractivity contribution in [1.82, 2.24) is 5.06 Å². The van der Waals surface area contributed by atoms with Crippen LogP contribution >= 0.6 is 0 Å². The van der Waals surface area contributed by atoms with Crippen molar-refractivity contribution >= 4 is 5.91 Å². The van der Waals surface area contributed by atoms with Gasteiger partial charge in [-0.2, -0.15) is 0 Å². The standard InChI is InChI=1S/C9H19NO3/c1-7(6-11)5-8(2)9(12)10(3)13-4/h7-8,11H,5-6H2,1-4H3/t7-,8?/m1/s1. The summed E-state index contributed by atoms with van der Waals surface area (Å²) in [4.78, 5) is 16.2. The molecule has 4 nitrogen and oxygen atoms in total. The molecule has 4 heteroatoms. The van der Waals surface area contributed by atoms with Crippen LogP contribution in [0.3, 0.4) is 0 Å². The molecule has 0 aliphatic rings. The third-order valence-electron chi connectivity index (χ3n) is 2.07. The molecule has 0 aromatic rings. The van der Waals surface area contributed by atoms with Gasteiger partial charge in [-0.05, 0) is 12.3 Å². The smallest absolute Gasteiger partial charge is 0.248 e. The number of aliphatic hydroxyl groups excluding tert-OH is 1. The fourth-order valence-electron chi connectivity index (χ4n) is 1.18. The number of carbonyl (C=O) groups excluding carboxylic acids is 1. The average Bonchev–Trinajstić information content (AvgIpc) is 2.14. The number of carbonyl (C=O) groups is 1. The summed E-state index contributed by atoms with van der Waals surface area (Å²) in [5.41, 5.74) is 0. The van der Waals surface area contributed by atoms with Crippen LogP contribution in [0.5, 0.6) is 0 Å². The van der Waals surface area contributed by atoms with Crippen molar-refractivity contribution in [2.75, 3.05) is 20.8 Å². The Morgan fingerprint density at radius 1 is 1.54 bits per heavy atom. The summed E-state index contributed by atoms with van der Waals surface area (Å²) in [5, 5.41) is 10.0. The normalized spacial score (nSPS) is 15.2. The molecule has 0 fully saturated rings. The maximum atomic E-state index is 11.4. The predicted molar refractivity (Wildman–Crippen MR) is 49.8 cm³/mol. The van der Waals surface area contributed by atoms with E-state index in [9.17, 15) is 4.79 Å². The van der Waals surface area contributed by atoms with Crippen LogP contribution in [0.25, 0.3) is 0 Å². The van der Waals surface area contributed by atoms with Crippen LogP contribution in [0, 0.1) is 11.8 Å². The molecule has 0 aliphatic carbocycles. The molecule has 0 aliphatic heterocycles. The maximum absolute atomic E-state index is 11.4. The minimum absolute atomic E-state index is 0.0530. The quantitative estimate of drug-likeness (QED) is 0.646. The van der Waals surface area contributed by atoms with Gasteiger partial charge in [-0.1, -0.05) is 13.8 Å². The Bertz CT molecular complexity index is 161. The number of hydroxylamine groups is 2. The topological polar surface area (TPSA) is 49.8 Å². The fourth-order valence-corrected chi connectivity index (χ4v) is 1.18. The molecule has 0 aromatic heterocycles. The molecular weight excluding hydrogens is 170 g/mol. The van der Waals surface area contributed by atoms with Gasteiger partial charge in [-0.25, -0.2) is 5.06 Å². The van der Waals surface area contributed by atoms with Crippen molar-refractivity contribution in [2.45, 2.75) is 20.3 Å². The lowest BCUT2D eigenvalue weighted by Crippen LogP contribution is -2.31. The summed E-state index contributed by atoms with van der Waals surface area (Å²) in [5.74, 6) is -0.000828. The van der Waals surface area contributed by atoms with Gasteiger partial charge in [0.1, 0.15) is 0 Å². The van der Waals surface area contributed by atoms with Crippen molar-refractivity contribution in [2.24, 2.45) is 11.8 Å². The molecule has 0 saturated heterocycles. The Morgan fingerprint density at radius 3 is 2.46 bits per heavy atom. The summed E-state index contributed by atoms with van der Waals surface area (Å²) in [6, 6.07) is 0. The van der Waals surface area contributed by atoms with E-state index in [0.29, 0.717) is 6.42 Å². The molecule has 0 heterocycles. The van der Waals surface area contributed by atoms with E-state index < -0.39 is 0 Å². The molecule has 0 spiro atoms. The predicted octanol–water partition coefficient (Wildman–Crippen LogP) is 0.661. The summed E-state index contributed by atoms with van der Waals surface area (Å²) < 4.78 is 0. The Balaban J connectivity index is 3.95. The van der Waals surface area contributed by atoms with Crippen LogP contribution in [0.4, 0.5) is 0 Å². The molecule has 78 valence electrons. The molecule has 1 unspecified atom stereocenters. The van der Waals surface area contributed by atoms with Crippen LogP contribution in [-0.2, 0) is 9.63 Å². The highest BCUT2D eigenvalue weighted by Gasteiger charge is 2.19. The zero-order valence-corrected chi connectivity index (χ0v) is 8.78. The van der Waals surface area contributed by atoms with Gasteiger partial charge in [0, 0.05) is 19.6 Å². The summed E-state index contributed by atoms with van der Waals surface area (Å²) >= 11 is 0. The maximum Gasteiger partial charge on any atom is 0.248 e. The zero-order valence-electron chi connectivity index (χ0n) is 8.78. The molecule has 0 radical (unpaired) electrons. The van der Waals surface area contributed by atoms with Gasteiger partial charge in [0.05, 0.1) is 7.11 Å². The Labute approximate surface area is 79.4 Å². The molecule has 1 amide bonds. The van der Waals surface area contributed by atoms with Crippen LogP contribution in [-0.4, -0.2) is 36.8 Å². The highest BCUT2D eigenvalue weighted by atomic mass is 16.7. The van der Waals surface area contributed by atoms with E-state index in [1.54, 1.807) is 7.05 Å². The average molecular weight is 189 g/mol. The fraction of sp³-hybridized carbons (Fsp3) is 0.889. The van der Waals surface area contributed by atoms with Crippen molar-refractivity contribution in [3.8, 4) is 0 Å². The van der Waals surface area contributed by atoms with E-state index in [1.165, 1.54) is 12.2 Å². The second-order valence-electron chi connectivity index (χ2n) is 3.44. The Kier molecular flexibility index (Phi) is 5.66. The van der Waals surface area contributed by atoms with Gasteiger partial charge in [0.15, 0.2) is 0 Å². The minimum atomic E-state index is -0.105. The number of aliphatic hydroxyl groups is 1. The van der Waals surface area contributed by atoms with E-state index in [1.807, 2.05) is 13.8 Å². The second kappa shape index (κ2) is 5.94. The molecular formula is C9H19NO3. The first-order chi connectivity index (χ1) is 6.02. The van der Waals surface area contributed by atoms with Gasteiger partial charge in [0.2, 0.25) is 5.91 Å². The third kappa shape index (κ3) is 4.24. The first-order valence-electron chi connectivity index (χ1n) is 4.45. The molecule has 2 atom stereocenters. The Morgan fingerprint density at radius 2 is 2.08 bits per heavy atom. The highest BCUT2D eigenvalue weighted by molar-refractivity contribution is 5.77. The number of hydrogen-bond acceptors (Lipinski definition) is 3. The molecule has 0 bridgehead atoms. The van der Waals surface area contributed by atoms with Gasteiger partial charge in [-0.3, -0.25) is 9.63 Å². The lowest BCUT2D eigenvalue weighted by Gasteiger charge is -2.20. The molecule has 13 heavy (non-hydrogen) atoms. The molecule has 0 aromatic carbocycles. The molecule has 0 saturated carbocycles. The first-order valence-corrected chi connectivity index (χ1v) is 4.45. The minimum Gasteiger partial charge on any atom is -0.396 e. The summed E-state index contributed by atoms with van der Waals surface area (Å²) in [6.45, 7) is 3.87. The number of amides is 1. The van der Waals surface area contributed by atoms with E-state index in [0.717, 1.165) is 0 Å².